The molecule has 57 heavy (non-hydrogen) atoms. The molecule has 0 N–H and O–H groups in total. The SMILES string of the molecule is C[SiH](C)C1C=C(N(C2=CC=C(C3=CC=CC4CCC=CC34)CC2)C2CC=C(C3(C4=CC=CCC4)C4=C(CCC=C4)c4ccccc43)CC2)CCC1C1=CCCC=C1. The summed E-state index contributed by atoms with van der Waals surface area (Å²) >= 11 is 0. The van der Waals surface area contributed by atoms with Gasteiger partial charge >= 0.3 is 0 Å². The maximum atomic E-state index is 2.94. The fourth-order valence-electron chi connectivity index (χ4n) is 12.7. The first-order valence-electron chi connectivity index (χ1n) is 23.0. The molecule has 2 heteroatoms. The zero-order valence-electron chi connectivity index (χ0n) is 34.6. The molecule has 1 aromatic carbocycles. The lowest BCUT2D eigenvalue weighted by molar-refractivity contribution is 0.258. The maximum Gasteiger partial charge on any atom is 0.0633 e. The summed E-state index contributed by atoms with van der Waals surface area (Å²) in [6.45, 7) is 5.21. The van der Waals surface area contributed by atoms with Crippen molar-refractivity contribution in [3.63, 3.8) is 0 Å². The Labute approximate surface area is 345 Å². The third kappa shape index (κ3) is 6.59. The van der Waals surface area contributed by atoms with E-state index in [1.54, 1.807) is 56.0 Å². The standard InChI is InChI=1S/C55H63NSi/c1-57(2)54-38-46(36-37-49(54)40-16-5-3-6-17-40)56(44-32-28-41(29-33-44)48-25-15-19-39-18-9-10-22-47(39)48)45-34-30-43(31-35-45)55(42-20-7-4-8-21-42)52-26-13-11-23-50(52)51-24-12-14-27-53(51)55/h4-5,7,10-11,13-17,19-20,22-23,25-28,30,32,38-39,45,47,49,54,57H,3,6,8-9,12,18,21,24,29,31,33-37H2,1-2H3. The third-order valence-corrected chi connectivity index (χ3v) is 17.5. The number of hydrogen-bond donors (Lipinski definition) is 0. The number of rotatable bonds is 8. The van der Waals surface area contributed by atoms with Gasteiger partial charge in [0.1, 0.15) is 0 Å². The van der Waals surface area contributed by atoms with Gasteiger partial charge in [-0.2, -0.15) is 0 Å². The number of allylic oxidation sites excluding steroid dienone is 25. The van der Waals surface area contributed by atoms with Crippen LogP contribution < -0.4 is 0 Å². The average molecular weight is 766 g/mol. The minimum absolute atomic E-state index is 0.119. The molecule has 9 aliphatic rings. The van der Waals surface area contributed by atoms with Crippen molar-refractivity contribution < 1.29 is 0 Å². The minimum atomic E-state index is -0.952. The van der Waals surface area contributed by atoms with Crippen LogP contribution in [0, 0.1) is 17.8 Å². The number of fused-ring (bicyclic) bond motifs is 3. The highest BCUT2D eigenvalue weighted by molar-refractivity contribution is 6.58. The maximum absolute atomic E-state index is 2.94. The summed E-state index contributed by atoms with van der Waals surface area (Å²) in [5.41, 5.74) is 18.1. The molecule has 0 radical (unpaired) electrons. The second-order valence-electron chi connectivity index (χ2n) is 18.7. The lowest BCUT2D eigenvalue weighted by Gasteiger charge is -2.46. The largest absolute Gasteiger partial charge is 0.346 e. The summed E-state index contributed by atoms with van der Waals surface area (Å²) in [4.78, 5) is 2.94. The van der Waals surface area contributed by atoms with Crippen LogP contribution in [0.25, 0.3) is 5.57 Å². The molecule has 0 heterocycles. The predicted octanol–water partition coefficient (Wildman–Crippen LogP) is 14.2. The topological polar surface area (TPSA) is 3.24 Å². The number of benzene rings is 1. The highest BCUT2D eigenvalue weighted by atomic mass is 28.3. The van der Waals surface area contributed by atoms with E-state index in [2.05, 4.69) is 146 Å². The zero-order valence-corrected chi connectivity index (χ0v) is 35.8. The van der Waals surface area contributed by atoms with Gasteiger partial charge < -0.3 is 4.90 Å². The van der Waals surface area contributed by atoms with E-state index >= 15 is 0 Å². The second kappa shape index (κ2) is 15.9. The summed E-state index contributed by atoms with van der Waals surface area (Å²) in [7, 11) is -0.952. The van der Waals surface area contributed by atoms with Gasteiger partial charge in [-0.1, -0.05) is 146 Å². The average Bonchev–Trinajstić information content (AvgIpc) is 3.58. The van der Waals surface area contributed by atoms with Gasteiger partial charge in [-0.05, 0) is 159 Å². The molecule has 0 saturated heterocycles. The van der Waals surface area contributed by atoms with Gasteiger partial charge in [-0.3, -0.25) is 0 Å². The Balaban J connectivity index is 1.03. The smallest absolute Gasteiger partial charge is 0.0633 e. The van der Waals surface area contributed by atoms with Crippen molar-refractivity contribution in [3.8, 4) is 0 Å². The molecule has 0 fully saturated rings. The molecular weight excluding hydrogens is 703 g/mol. The summed E-state index contributed by atoms with van der Waals surface area (Å²) in [6, 6.07) is 9.98. The Kier molecular flexibility index (Phi) is 10.4. The van der Waals surface area contributed by atoms with Gasteiger partial charge in [-0.25, -0.2) is 0 Å². The molecule has 6 atom stereocenters. The number of nitrogens with zero attached hydrogens (tertiary/aromatic N) is 1. The lowest BCUT2D eigenvalue weighted by Crippen LogP contribution is -2.40. The van der Waals surface area contributed by atoms with E-state index in [0.717, 1.165) is 51.4 Å². The quantitative estimate of drug-likeness (QED) is 0.188. The molecule has 0 aliphatic heterocycles. The predicted molar refractivity (Wildman–Crippen MR) is 245 cm³/mol. The van der Waals surface area contributed by atoms with E-state index < -0.39 is 8.80 Å². The normalized spacial score (nSPS) is 31.7. The molecule has 9 aliphatic carbocycles. The minimum Gasteiger partial charge on any atom is -0.346 e. The molecule has 1 aromatic rings. The van der Waals surface area contributed by atoms with Gasteiger partial charge in [0.2, 0.25) is 0 Å². The van der Waals surface area contributed by atoms with Crippen molar-refractivity contribution in [3.05, 3.63) is 184 Å². The van der Waals surface area contributed by atoms with Crippen LogP contribution in [-0.4, -0.2) is 19.7 Å². The van der Waals surface area contributed by atoms with Crippen molar-refractivity contribution in [1.29, 1.82) is 0 Å². The van der Waals surface area contributed by atoms with E-state index in [-0.39, 0.29) is 5.41 Å². The fourth-order valence-corrected chi connectivity index (χ4v) is 14.6. The molecule has 10 rings (SSSR count). The highest BCUT2D eigenvalue weighted by Gasteiger charge is 2.50. The number of hydrogen-bond acceptors (Lipinski definition) is 1. The van der Waals surface area contributed by atoms with Crippen molar-refractivity contribution in [2.75, 3.05) is 0 Å². The first kappa shape index (κ1) is 37.1. The van der Waals surface area contributed by atoms with Crippen molar-refractivity contribution in [2.45, 2.75) is 126 Å². The Bertz CT molecular complexity index is 2200. The third-order valence-electron chi connectivity index (χ3n) is 15.3. The van der Waals surface area contributed by atoms with Gasteiger partial charge in [0, 0.05) is 32.2 Å². The van der Waals surface area contributed by atoms with Gasteiger partial charge in [-0.15, -0.1) is 0 Å². The first-order chi connectivity index (χ1) is 28.1. The van der Waals surface area contributed by atoms with E-state index in [1.807, 2.05) is 0 Å². The zero-order chi connectivity index (χ0) is 38.3. The molecule has 0 aromatic heterocycles. The molecule has 0 spiro atoms. The monoisotopic (exact) mass is 765 g/mol. The van der Waals surface area contributed by atoms with Crippen LogP contribution in [0.15, 0.2) is 172 Å². The fraction of sp³-hybridized carbons (Fsp3) is 0.418. The Morgan fingerprint density at radius 2 is 1.60 bits per heavy atom. The summed E-state index contributed by atoms with van der Waals surface area (Å²) in [5, 5.41) is 0. The summed E-state index contributed by atoms with van der Waals surface area (Å²) in [5.74, 6) is 1.91. The molecule has 0 amide bonds. The lowest BCUT2D eigenvalue weighted by atomic mass is 9.61. The Morgan fingerprint density at radius 1 is 0.684 bits per heavy atom. The van der Waals surface area contributed by atoms with Gasteiger partial charge in [0.15, 0.2) is 0 Å². The molecular formula is C55H63NSi. The Hall–Kier alpha value is -4.14. The van der Waals surface area contributed by atoms with Gasteiger partial charge in [0.25, 0.3) is 0 Å². The van der Waals surface area contributed by atoms with Crippen LogP contribution in [0.1, 0.15) is 107 Å². The van der Waals surface area contributed by atoms with E-state index in [1.165, 1.54) is 50.5 Å². The highest BCUT2D eigenvalue weighted by Crippen LogP contribution is 2.60. The van der Waals surface area contributed by atoms with Crippen LogP contribution in [0.2, 0.25) is 18.6 Å². The van der Waals surface area contributed by atoms with Crippen molar-refractivity contribution >= 4 is 14.4 Å². The summed E-state index contributed by atoms with van der Waals surface area (Å²) in [6.07, 6.45) is 60.3. The van der Waals surface area contributed by atoms with Crippen LogP contribution in [0.4, 0.5) is 0 Å². The van der Waals surface area contributed by atoms with Crippen LogP contribution >= 0.6 is 0 Å². The van der Waals surface area contributed by atoms with Crippen LogP contribution in [-0.2, 0) is 5.41 Å². The van der Waals surface area contributed by atoms with Crippen molar-refractivity contribution in [1.82, 2.24) is 4.90 Å². The van der Waals surface area contributed by atoms with E-state index in [0.29, 0.717) is 29.3 Å². The second-order valence-corrected chi connectivity index (χ2v) is 21.9. The molecule has 6 unspecified atom stereocenters. The van der Waals surface area contributed by atoms with Crippen molar-refractivity contribution in [2.24, 2.45) is 17.8 Å². The van der Waals surface area contributed by atoms with E-state index in [9.17, 15) is 0 Å². The molecule has 1 nitrogen and oxygen atoms in total. The molecule has 0 saturated carbocycles. The Morgan fingerprint density at radius 3 is 2.40 bits per heavy atom. The molecule has 292 valence electrons. The molecule has 0 bridgehead atoms. The van der Waals surface area contributed by atoms with Crippen LogP contribution in [0.3, 0.4) is 0 Å². The first-order valence-corrected chi connectivity index (χ1v) is 26.0. The van der Waals surface area contributed by atoms with Gasteiger partial charge in [0.05, 0.1) is 5.41 Å². The van der Waals surface area contributed by atoms with E-state index in [4.69, 9.17) is 0 Å². The summed E-state index contributed by atoms with van der Waals surface area (Å²) < 4.78 is 0. The van der Waals surface area contributed by atoms with Crippen LogP contribution in [0.5, 0.6) is 0 Å².